The molecule has 0 aliphatic carbocycles. The van der Waals surface area contributed by atoms with Crippen molar-refractivity contribution in [2.75, 3.05) is 39.3 Å². The van der Waals surface area contributed by atoms with Crippen LogP contribution in [0.5, 0.6) is 0 Å². The van der Waals surface area contributed by atoms with Gasteiger partial charge >= 0.3 is 0 Å². The van der Waals surface area contributed by atoms with Crippen molar-refractivity contribution >= 4 is 11.8 Å². The molecule has 142 valence electrons. The standard InChI is InChI=1S/C18H23N7O2/c1-2-7-19-17(26)13-23-8-10-24(11-9-23)18(27)12-15-3-5-16(6-4-15)25-14-20-21-22-25/h2-6,14H,1,7-13H2,(H,19,26). The van der Waals surface area contributed by atoms with Crippen molar-refractivity contribution in [1.29, 1.82) is 0 Å². The van der Waals surface area contributed by atoms with Crippen LogP contribution in [0.15, 0.2) is 43.2 Å². The number of piperazine rings is 1. The molecule has 2 aromatic rings. The number of hydrogen-bond acceptors (Lipinski definition) is 6. The van der Waals surface area contributed by atoms with E-state index >= 15 is 0 Å². The fourth-order valence-electron chi connectivity index (χ4n) is 2.93. The lowest BCUT2D eigenvalue weighted by atomic mass is 10.1. The molecule has 9 nitrogen and oxygen atoms in total. The van der Waals surface area contributed by atoms with E-state index in [9.17, 15) is 9.59 Å². The molecule has 0 saturated carbocycles. The molecule has 0 spiro atoms. The molecule has 1 fully saturated rings. The summed E-state index contributed by atoms with van der Waals surface area (Å²) in [6.07, 6.45) is 3.54. The van der Waals surface area contributed by atoms with Gasteiger partial charge in [0.15, 0.2) is 0 Å². The Hall–Kier alpha value is -3.07. The fraction of sp³-hybridized carbons (Fsp3) is 0.389. The van der Waals surface area contributed by atoms with Crippen LogP contribution in [0.4, 0.5) is 0 Å². The summed E-state index contributed by atoms with van der Waals surface area (Å²) in [5.74, 6) is 0.0817. The number of hydrogen-bond donors (Lipinski definition) is 1. The zero-order chi connectivity index (χ0) is 19.1. The van der Waals surface area contributed by atoms with E-state index in [1.54, 1.807) is 10.8 Å². The minimum atomic E-state index is -0.0163. The molecule has 1 aromatic carbocycles. The van der Waals surface area contributed by atoms with Gasteiger partial charge in [0.1, 0.15) is 6.33 Å². The summed E-state index contributed by atoms with van der Waals surface area (Å²) in [6, 6.07) is 7.60. The number of nitrogens with one attached hydrogen (secondary N) is 1. The largest absolute Gasteiger partial charge is 0.352 e. The van der Waals surface area contributed by atoms with Crippen molar-refractivity contribution in [3.05, 3.63) is 48.8 Å². The van der Waals surface area contributed by atoms with Crippen LogP contribution in [-0.4, -0.2) is 81.1 Å². The normalized spacial score (nSPS) is 14.7. The highest BCUT2D eigenvalue weighted by Gasteiger charge is 2.22. The Balaban J connectivity index is 1.45. The molecule has 0 radical (unpaired) electrons. The Bertz CT molecular complexity index is 766. The highest BCUT2D eigenvalue weighted by Crippen LogP contribution is 2.10. The third kappa shape index (κ3) is 5.20. The molecule has 3 rings (SSSR count). The van der Waals surface area contributed by atoms with Crippen molar-refractivity contribution in [3.8, 4) is 5.69 Å². The van der Waals surface area contributed by atoms with Crippen LogP contribution in [-0.2, 0) is 16.0 Å². The highest BCUT2D eigenvalue weighted by atomic mass is 16.2. The molecule has 1 saturated heterocycles. The Morgan fingerprint density at radius 1 is 1.15 bits per heavy atom. The van der Waals surface area contributed by atoms with E-state index in [4.69, 9.17) is 0 Å². The number of aromatic nitrogens is 4. The second kappa shape index (κ2) is 9.04. The van der Waals surface area contributed by atoms with E-state index in [0.29, 0.717) is 45.7 Å². The summed E-state index contributed by atoms with van der Waals surface area (Å²) >= 11 is 0. The number of amides is 2. The third-order valence-electron chi connectivity index (χ3n) is 4.44. The van der Waals surface area contributed by atoms with Gasteiger partial charge in [0, 0.05) is 32.7 Å². The van der Waals surface area contributed by atoms with Crippen molar-refractivity contribution in [3.63, 3.8) is 0 Å². The molecular formula is C18H23N7O2. The average Bonchev–Trinajstić information content (AvgIpc) is 3.22. The summed E-state index contributed by atoms with van der Waals surface area (Å²) in [5, 5.41) is 13.8. The first-order valence-corrected chi connectivity index (χ1v) is 8.86. The van der Waals surface area contributed by atoms with E-state index in [2.05, 4.69) is 32.3 Å². The molecule has 1 aliphatic heterocycles. The van der Waals surface area contributed by atoms with E-state index in [0.717, 1.165) is 11.3 Å². The van der Waals surface area contributed by atoms with Crippen LogP contribution < -0.4 is 5.32 Å². The lowest BCUT2D eigenvalue weighted by molar-refractivity contribution is -0.132. The van der Waals surface area contributed by atoms with Gasteiger partial charge in [0.2, 0.25) is 11.8 Å². The Morgan fingerprint density at radius 3 is 2.52 bits per heavy atom. The van der Waals surface area contributed by atoms with Crippen LogP contribution in [0.3, 0.4) is 0 Å². The predicted molar refractivity (Wildman–Crippen MR) is 99.1 cm³/mol. The van der Waals surface area contributed by atoms with Gasteiger partial charge < -0.3 is 10.2 Å². The lowest BCUT2D eigenvalue weighted by Crippen LogP contribution is -2.51. The second-order valence-corrected chi connectivity index (χ2v) is 6.35. The molecule has 27 heavy (non-hydrogen) atoms. The highest BCUT2D eigenvalue weighted by molar-refractivity contribution is 5.79. The summed E-state index contributed by atoms with van der Waals surface area (Å²) in [4.78, 5) is 28.2. The van der Waals surface area contributed by atoms with Crippen LogP contribution in [0.25, 0.3) is 5.69 Å². The van der Waals surface area contributed by atoms with Crippen molar-refractivity contribution in [2.24, 2.45) is 0 Å². The molecule has 9 heteroatoms. The van der Waals surface area contributed by atoms with Crippen molar-refractivity contribution in [2.45, 2.75) is 6.42 Å². The first kappa shape index (κ1) is 18.7. The molecule has 1 N–H and O–H groups in total. The summed E-state index contributed by atoms with van der Waals surface area (Å²) in [7, 11) is 0. The molecule has 1 aliphatic rings. The topological polar surface area (TPSA) is 96.2 Å². The Labute approximate surface area is 157 Å². The van der Waals surface area contributed by atoms with Gasteiger partial charge in [-0.25, -0.2) is 4.68 Å². The van der Waals surface area contributed by atoms with Gasteiger partial charge in [-0.1, -0.05) is 18.2 Å². The van der Waals surface area contributed by atoms with Gasteiger partial charge in [-0.15, -0.1) is 11.7 Å². The number of tetrazole rings is 1. The molecule has 0 bridgehead atoms. The number of rotatable bonds is 7. The van der Waals surface area contributed by atoms with Gasteiger partial charge in [-0.3, -0.25) is 14.5 Å². The quantitative estimate of drug-likeness (QED) is 0.671. The minimum absolute atomic E-state index is 0.0163. The van der Waals surface area contributed by atoms with Gasteiger partial charge in [-0.2, -0.15) is 0 Å². The van der Waals surface area contributed by atoms with Crippen LogP contribution in [0.2, 0.25) is 0 Å². The second-order valence-electron chi connectivity index (χ2n) is 6.35. The smallest absolute Gasteiger partial charge is 0.234 e. The van der Waals surface area contributed by atoms with Crippen LogP contribution in [0, 0.1) is 0 Å². The van der Waals surface area contributed by atoms with Gasteiger partial charge in [0.25, 0.3) is 0 Å². The van der Waals surface area contributed by atoms with E-state index in [1.165, 1.54) is 6.33 Å². The first-order chi connectivity index (χ1) is 13.2. The third-order valence-corrected chi connectivity index (χ3v) is 4.44. The van der Waals surface area contributed by atoms with E-state index in [1.807, 2.05) is 29.2 Å². The number of carbonyl (C=O) groups excluding carboxylic acids is 2. The minimum Gasteiger partial charge on any atom is -0.352 e. The van der Waals surface area contributed by atoms with Crippen LogP contribution >= 0.6 is 0 Å². The zero-order valence-electron chi connectivity index (χ0n) is 15.1. The Kier molecular flexibility index (Phi) is 6.26. The van der Waals surface area contributed by atoms with E-state index < -0.39 is 0 Å². The molecule has 1 aromatic heterocycles. The van der Waals surface area contributed by atoms with Crippen molar-refractivity contribution < 1.29 is 9.59 Å². The van der Waals surface area contributed by atoms with Crippen LogP contribution in [0.1, 0.15) is 5.56 Å². The summed E-state index contributed by atoms with van der Waals surface area (Å²) < 4.78 is 1.57. The lowest BCUT2D eigenvalue weighted by Gasteiger charge is -2.34. The fourth-order valence-corrected chi connectivity index (χ4v) is 2.93. The zero-order valence-corrected chi connectivity index (χ0v) is 15.1. The average molecular weight is 369 g/mol. The van der Waals surface area contributed by atoms with E-state index in [-0.39, 0.29) is 11.8 Å². The van der Waals surface area contributed by atoms with Crippen molar-refractivity contribution in [1.82, 2.24) is 35.3 Å². The number of benzene rings is 1. The maximum Gasteiger partial charge on any atom is 0.234 e. The molecule has 2 heterocycles. The first-order valence-electron chi connectivity index (χ1n) is 8.86. The van der Waals surface area contributed by atoms with Gasteiger partial charge in [-0.05, 0) is 28.1 Å². The molecule has 2 amide bonds. The maximum absolute atomic E-state index is 12.5. The van der Waals surface area contributed by atoms with Gasteiger partial charge in [0.05, 0.1) is 18.7 Å². The maximum atomic E-state index is 12.5. The monoisotopic (exact) mass is 369 g/mol. The molecular weight excluding hydrogens is 346 g/mol. The molecule has 0 atom stereocenters. The summed E-state index contributed by atoms with van der Waals surface area (Å²) in [5.41, 5.74) is 1.79. The molecule has 0 unspecified atom stereocenters. The number of carbonyl (C=O) groups is 2. The number of nitrogens with zero attached hydrogens (tertiary/aromatic N) is 6. The predicted octanol–water partition coefficient (Wildman–Crippen LogP) is -0.349. The Morgan fingerprint density at radius 2 is 1.89 bits per heavy atom. The SMILES string of the molecule is C=CCNC(=O)CN1CCN(C(=O)Cc2ccc(-n3cnnn3)cc2)CC1. The summed E-state index contributed by atoms with van der Waals surface area (Å²) in [6.45, 7) is 7.08.